The Kier molecular flexibility index (Phi) is 6.50. The summed E-state index contributed by atoms with van der Waals surface area (Å²) in [6, 6.07) is 4.95. The molecule has 0 radical (unpaired) electrons. The first-order valence-electron chi connectivity index (χ1n) is 9.67. The smallest absolute Gasteiger partial charge is 0.469 e. The molecule has 4 atom stereocenters. The van der Waals surface area contributed by atoms with Crippen LogP contribution in [0.4, 0.5) is 5.82 Å². The summed E-state index contributed by atoms with van der Waals surface area (Å²) in [5.74, 6) is 0.677. The molecule has 33 heavy (non-hydrogen) atoms. The van der Waals surface area contributed by atoms with E-state index < -0.39 is 39.0 Å². The van der Waals surface area contributed by atoms with E-state index in [0.717, 1.165) is 0 Å². The molecule has 0 bridgehead atoms. The molecule has 1 fully saturated rings. The number of nitrogens with zero attached hydrogens (tertiary/aromatic N) is 4. The number of aliphatic hydroxyl groups is 2. The minimum atomic E-state index is -4.78. The molecule has 1 aliphatic rings. The highest BCUT2D eigenvalue weighted by Crippen LogP contribution is 2.39. The van der Waals surface area contributed by atoms with Gasteiger partial charge in [-0.1, -0.05) is 12.1 Å². The molecule has 14 nitrogen and oxygen atoms in total. The maximum absolute atomic E-state index is 10.9. The number of aromatic nitrogens is 4. The number of ether oxygens (including phenoxy) is 2. The zero-order valence-electron chi connectivity index (χ0n) is 17.2. The molecule has 3 heterocycles. The SMILES string of the molecule is COc1c(O)cccc1CNc1ncnc2c1ncn2[C@@H]1O[C@H](COP(=O)(O)O)[C@@H](O)[C@H]1O. The Labute approximate surface area is 186 Å². The van der Waals surface area contributed by atoms with Gasteiger partial charge in [0.05, 0.1) is 20.0 Å². The second-order valence-electron chi connectivity index (χ2n) is 7.20. The van der Waals surface area contributed by atoms with Gasteiger partial charge in [-0.25, -0.2) is 19.5 Å². The van der Waals surface area contributed by atoms with Crippen molar-refractivity contribution < 1.29 is 43.7 Å². The van der Waals surface area contributed by atoms with Crippen LogP contribution in [-0.2, 0) is 20.4 Å². The van der Waals surface area contributed by atoms with Crippen molar-refractivity contribution in [2.45, 2.75) is 31.1 Å². The minimum Gasteiger partial charge on any atom is -0.504 e. The monoisotopic (exact) mass is 483 g/mol. The van der Waals surface area contributed by atoms with Crippen LogP contribution in [0, 0.1) is 0 Å². The van der Waals surface area contributed by atoms with Gasteiger partial charge in [-0.15, -0.1) is 0 Å². The van der Waals surface area contributed by atoms with E-state index >= 15 is 0 Å². The van der Waals surface area contributed by atoms with Gasteiger partial charge in [0.2, 0.25) is 0 Å². The Hall–Kier alpha value is -2.84. The third-order valence-corrected chi connectivity index (χ3v) is 5.59. The van der Waals surface area contributed by atoms with Gasteiger partial charge in [0.15, 0.2) is 34.7 Å². The van der Waals surface area contributed by atoms with Crippen LogP contribution in [0.2, 0.25) is 0 Å². The number of fused-ring (bicyclic) bond motifs is 1. The fourth-order valence-corrected chi connectivity index (χ4v) is 3.90. The van der Waals surface area contributed by atoms with E-state index in [-0.39, 0.29) is 17.9 Å². The lowest BCUT2D eigenvalue weighted by Gasteiger charge is -2.16. The van der Waals surface area contributed by atoms with E-state index in [1.54, 1.807) is 12.1 Å². The number of hydrogen-bond acceptors (Lipinski definition) is 11. The fraction of sp³-hybridized carbons (Fsp3) is 0.389. The van der Waals surface area contributed by atoms with Crippen molar-refractivity contribution in [1.82, 2.24) is 19.5 Å². The van der Waals surface area contributed by atoms with Crippen LogP contribution in [0.25, 0.3) is 11.2 Å². The number of benzene rings is 1. The number of para-hydroxylation sites is 1. The Balaban J connectivity index is 1.55. The quantitative estimate of drug-likeness (QED) is 0.232. The van der Waals surface area contributed by atoms with Gasteiger partial charge >= 0.3 is 7.82 Å². The number of hydrogen-bond donors (Lipinski definition) is 6. The molecule has 0 unspecified atom stereocenters. The largest absolute Gasteiger partial charge is 0.504 e. The average Bonchev–Trinajstić information content (AvgIpc) is 3.32. The second-order valence-corrected chi connectivity index (χ2v) is 8.44. The molecule has 0 saturated carbocycles. The fourth-order valence-electron chi connectivity index (χ4n) is 3.56. The number of phosphoric ester groups is 1. The first kappa shape index (κ1) is 23.3. The molecule has 4 rings (SSSR count). The normalized spacial score (nSPS) is 23.2. The van der Waals surface area contributed by atoms with Crippen molar-refractivity contribution >= 4 is 24.8 Å². The Morgan fingerprint density at radius 1 is 1.21 bits per heavy atom. The number of methoxy groups -OCH3 is 1. The van der Waals surface area contributed by atoms with E-state index in [2.05, 4.69) is 24.8 Å². The summed E-state index contributed by atoms with van der Waals surface area (Å²) >= 11 is 0. The molecular formula is C18H22N5O9P. The van der Waals surface area contributed by atoms with Gasteiger partial charge in [0.25, 0.3) is 0 Å². The Morgan fingerprint density at radius 3 is 2.73 bits per heavy atom. The van der Waals surface area contributed by atoms with Crippen LogP contribution in [0.3, 0.4) is 0 Å². The molecule has 3 aromatic rings. The molecule has 1 saturated heterocycles. The molecule has 0 amide bonds. The van der Waals surface area contributed by atoms with Crippen LogP contribution < -0.4 is 10.1 Å². The van der Waals surface area contributed by atoms with Crippen molar-refractivity contribution in [1.29, 1.82) is 0 Å². The maximum Gasteiger partial charge on any atom is 0.469 e. The number of anilines is 1. The van der Waals surface area contributed by atoms with E-state index in [4.69, 9.17) is 19.3 Å². The van der Waals surface area contributed by atoms with Gasteiger partial charge in [0.1, 0.15) is 24.6 Å². The van der Waals surface area contributed by atoms with Crippen LogP contribution >= 0.6 is 7.82 Å². The van der Waals surface area contributed by atoms with Crippen molar-refractivity contribution in [3.05, 3.63) is 36.4 Å². The van der Waals surface area contributed by atoms with Crippen molar-refractivity contribution in [2.75, 3.05) is 19.0 Å². The molecule has 1 aromatic carbocycles. The van der Waals surface area contributed by atoms with E-state index in [1.165, 1.54) is 30.4 Å². The van der Waals surface area contributed by atoms with E-state index in [9.17, 15) is 19.9 Å². The summed E-state index contributed by atoms with van der Waals surface area (Å²) in [5, 5.41) is 33.7. The number of aromatic hydroxyl groups is 1. The standard InChI is InChI=1S/C18H22N5O9P/c1-30-15-9(3-2-4-10(15)24)5-19-16-12-17(21-7-20-16)23(8-22-12)18-14(26)13(25)11(32-18)6-31-33(27,28)29/h2-4,7-8,11,13-14,18,24-26H,5-6H2,1H3,(H,19,20,21)(H2,27,28,29)/t11-,13-,14-,18-/m1/s1. The molecule has 0 aliphatic carbocycles. The molecule has 178 valence electrons. The summed E-state index contributed by atoms with van der Waals surface area (Å²) in [7, 11) is -3.33. The molecular weight excluding hydrogens is 461 g/mol. The van der Waals surface area contributed by atoms with Crippen molar-refractivity contribution in [3.8, 4) is 11.5 Å². The number of phenols is 1. The zero-order valence-corrected chi connectivity index (χ0v) is 18.1. The number of rotatable bonds is 8. The predicted molar refractivity (Wildman–Crippen MR) is 111 cm³/mol. The topological polar surface area (TPSA) is 202 Å². The number of aliphatic hydroxyl groups excluding tert-OH is 2. The Morgan fingerprint density at radius 2 is 2.00 bits per heavy atom. The summed E-state index contributed by atoms with van der Waals surface area (Å²) in [6.07, 6.45) is -2.61. The van der Waals surface area contributed by atoms with Crippen molar-refractivity contribution in [3.63, 3.8) is 0 Å². The van der Waals surface area contributed by atoms with Crippen LogP contribution in [0.5, 0.6) is 11.5 Å². The van der Waals surface area contributed by atoms with Crippen molar-refractivity contribution in [2.24, 2.45) is 0 Å². The third-order valence-electron chi connectivity index (χ3n) is 5.10. The van der Waals surface area contributed by atoms with E-state index in [0.29, 0.717) is 22.6 Å². The van der Waals surface area contributed by atoms with Crippen LogP contribution in [0.15, 0.2) is 30.9 Å². The summed E-state index contributed by atoms with van der Waals surface area (Å²) in [5.41, 5.74) is 1.30. The first-order valence-corrected chi connectivity index (χ1v) is 11.2. The predicted octanol–water partition coefficient (Wildman–Crippen LogP) is -0.119. The Bertz CT molecular complexity index is 1190. The lowest BCUT2D eigenvalue weighted by atomic mass is 10.1. The summed E-state index contributed by atoms with van der Waals surface area (Å²) in [6.45, 7) is -0.376. The van der Waals surface area contributed by atoms with E-state index in [1.807, 2.05) is 0 Å². The summed E-state index contributed by atoms with van der Waals surface area (Å²) in [4.78, 5) is 30.4. The molecule has 2 aromatic heterocycles. The third kappa shape index (κ3) is 4.77. The number of nitrogens with one attached hydrogen (secondary N) is 1. The van der Waals surface area contributed by atoms with Crippen LogP contribution in [-0.4, -0.2) is 76.7 Å². The molecule has 6 N–H and O–H groups in total. The van der Waals surface area contributed by atoms with Gasteiger partial charge < -0.3 is 39.9 Å². The first-order chi connectivity index (χ1) is 15.7. The van der Waals surface area contributed by atoms with Gasteiger partial charge in [-0.3, -0.25) is 9.09 Å². The lowest BCUT2D eigenvalue weighted by Crippen LogP contribution is -2.33. The number of phosphoric acid groups is 1. The molecule has 0 spiro atoms. The average molecular weight is 483 g/mol. The number of phenolic OH excluding ortho intramolecular Hbond substituents is 1. The molecule has 1 aliphatic heterocycles. The minimum absolute atomic E-state index is 0.00266. The maximum atomic E-state index is 10.9. The van der Waals surface area contributed by atoms with Gasteiger partial charge in [-0.05, 0) is 6.07 Å². The zero-order chi connectivity index (χ0) is 23.8. The highest BCUT2D eigenvalue weighted by molar-refractivity contribution is 7.46. The lowest BCUT2D eigenvalue weighted by molar-refractivity contribution is -0.0504. The summed E-state index contributed by atoms with van der Waals surface area (Å²) < 4.78 is 27.5. The van der Waals surface area contributed by atoms with Gasteiger partial charge in [-0.2, -0.15) is 0 Å². The number of imidazole rings is 1. The van der Waals surface area contributed by atoms with Crippen LogP contribution in [0.1, 0.15) is 11.8 Å². The van der Waals surface area contributed by atoms with Gasteiger partial charge in [0, 0.05) is 12.1 Å². The second kappa shape index (κ2) is 9.19. The highest BCUT2D eigenvalue weighted by atomic mass is 31.2. The molecule has 15 heteroatoms. The highest BCUT2D eigenvalue weighted by Gasteiger charge is 2.45.